The predicted molar refractivity (Wildman–Crippen MR) is 94.2 cm³/mol. The van der Waals surface area contributed by atoms with Crippen LogP contribution in [0.4, 0.5) is 5.69 Å². The first-order valence-corrected chi connectivity index (χ1v) is 9.09. The van der Waals surface area contributed by atoms with Crippen LogP contribution in [-0.4, -0.2) is 54.4 Å². The first-order valence-electron chi connectivity index (χ1n) is 7.94. The lowest BCUT2D eigenvalue weighted by Gasteiger charge is -2.26. The Morgan fingerprint density at radius 2 is 1.75 bits per heavy atom. The first kappa shape index (κ1) is 18.3. The minimum Gasteiger partial charge on any atom is -0.465 e. The molecule has 0 spiro atoms. The zero-order chi connectivity index (χ0) is 17.4. The molecule has 0 unspecified atom stereocenters. The second kappa shape index (κ2) is 9.32. The molecule has 130 valence electrons. The summed E-state index contributed by atoms with van der Waals surface area (Å²) in [4.78, 5) is 37.1. The van der Waals surface area contributed by atoms with E-state index in [1.807, 2.05) is 4.90 Å². The summed E-state index contributed by atoms with van der Waals surface area (Å²) in [6, 6.07) is 6.48. The lowest BCUT2D eigenvalue weighted by atomic mass is 10.1. The average molecular weight is 350 g/mol. The number of rotatable bonds is 6. The molecule has 24 heavy (non-hydrogen) atoms. The number of hydrogen-bond acceptors (Lipinski definition) is 5. The topological polar surface area (TPSA) is 75.7 Å². The molecule has 0 aromatic heterocycles. The van der Waals surface area contributed by atoms with Crippen molar-refractivity contribution < 1.29 is 19.1 Å². The lowest BCUT2D eigenvalue weighted by molar-refractivity contribution is -0.129. The smallest absolute Gasteiger partial charge is 0.337 e. The molecule has 0 saturated carbocycles. The van der Waals surface area contributed by atoms with E-state index in [0.29, 0.717) is 17.0 Å². The van der Waals surface area contributed by atoms with E-state index in [0.717, 1.165) is 25.9 Å². The molecule has 1 aromatic carbocycles. The number of hydrogen-bond donors (Lipinski definition) is 1. The number of methoxy groups -OCH3 is 1. The van der Waals surface area contributed by atoms with Crippen LogP contribution in [0.1, 0.15) is 29.6 Å². The number of piperidine rings is 1. The van der Waals surface area contributed by atoms with Crippen molar-refractivity contribution >= 4 is 35.2 Å². The average Bonchev–Trinajstić information content (AvgIpc) is 2.62. The largest absolute Gasteiger partial charge is 0.465 e. The third-order valence-electron chi connectivity index (χ3n) is 3.76. The van der Waals surface area contributed by atoms with Crippen molar-refractivity contribution in [3.8, 4) is 0 Å². The molecule has 0 radical (unpaired) electrons. The highest BCUT2D eigenvalue weighted by atomic mass is 32.2. The number of anilines is 1. The van der Waals surface area contributed by atoms with Gasteiger partial charge >= 0.3 is 5.97 Å². The van der Waals surface area contributed by atoms with E-state index in [9.17, 15) is 14.4 Å². The molecule has 1 fully saturated rings. The van der Waals surface area contributed by atoms with E-state index < -0.39 is 5.97 Å². The summed E-state index contributed by atoms with van der Waals surface area (Å²) in [5.74, 6) is 0.0689. The molecule has 7 heteroatoms. The zero-order valence-electron chi connectivity index (χ0n) is 13.7. The summed E-state index contributed by atoms with van der Waals surface area (Å²) in [5, 5.41) is 2.74. The number of nitrogens with one attached hydrogen (secondary N) is 1. The van der Waals surface area contributed by atoms with E-state index in [1.165, 1.54) is 25.3 Å². The fourth-order valence-electron chi connectivity index (χ4n) is 2.47. The van der Waals surface area contributed by atoms with Crippen molar-refractivity contribution in [3.63, 3.8) is 0 Å². The minimum atomic E-state index is -0.417. The monoisotopic (exact) mass is 350 g/mol. The summed E-state index contributed by atoms with van der Waals surface area (Å²) >= 11 is 1.32. The highest BCUT2D eigenvalue weighted by Gasteiger charge is 2.16. The van der Waals surface area contributed by atoms with E-state index in [4.69, 9.17) is 0 Å². The number of amides is 2. The van der Waals surface area contributed by atoms with Gasteiger partial charge in [0.2, 0.25) is 11.8 Å². The quantitative estimate of drug-likeness (QED) is 0.796. The van der Waals surface area contributed by atoms with Crippen molar-refractivity contribution in [2.45, 2.75) is 19.3 Å². The van der Waals surface area contributed by atoms with Gasteiger partial charge in [-0.25, -0.2) is 4.79 Å². The summed E-state index contributed by atoms with van der Waals surface area (Å²) in [5.41, 5.74) is 1.03. The van der Waals surface area contributed by atoms with Gasteiger partial charge in [0, 0.05) is 18.8 Å². The van der Waals surface area contributed by atoms with Gasteiger partial charge in [0.05, 0.1) is 24.2 Å². The summed E-state index contributed by atoms with van der Waals surface area (Å²) in [6.07, 6.45) is 3.32. The Labute approximate surface area is 145 Å². The van der Waals surface area contributed by atoms with E-state index >= 15 is 0 Å². The molecule has 6 nitrogen and oxygen atoms in total. The molecule has 1 heterocycles. The molecule has 0 bridgehead atoms. The van der Waals surface area contributed by atoms with Crippen molar-refractivity contribution in [3.05, 3.63) is 29.8 Å². The third kappa shape index (κ3) is 5.56. The maximum absolute atomic E-state index is 12.0. The highest BCUT2D eigenvalue weighted by Crippen LogP contribution is 2.13. The molecular formula is C17H22N2O4S. The van der Waals surface area contributed by atoms with Crippen molar-refractivity contribution in [2.75, 3.05) is 37.0 Å². The van der Waals surface area contributed by atoms with Crippen LogP contribution < -0.4 is 5.32 Å². The van der Waals surface area contributed by atoms with Crippen LogP contribution in [0.5, 0.6) is 0 Å². The molecule has 1 saturated heterocycles. The molecular weight excluding hydrogens is 328 g/mol. The van der Waals surface area contributed by atoms with Crippen LogP contribution in [0.15, 0.2) is 24.3 Å². The van der Waals surface area contributed by atoms with Gasteiger partial charge in [0.25, 0.3) is 0 Å². The number of likely N-dealkylation sites (tertiary alicyclic amines) is 1. The Kier molecular flexibility index (Phi) is 7.11. The molecule has 2 amide bonds. The van der Waals surface area contributed by atoms with Gasteiger partial charge in [-0.15, -0.1) is 11.8 Å². The second-order valence-corrected chi connectivity index (χ2v) is 6.54. The highest BCUT2D eigenvalue weighted by molar-refractivity contribution is 8.00. The second-order valence-electron chi connectivity index (χ2n) is 5.55. The Morgan fingerprint density at radius 1 is 1.08 bits per heavy atom. The molecule has 1 N–H and O–H groups in total. The van der Waals surface area contributed by atoms with Crippen molar-refractivity contribution in [1.29, 1.82) is 0 Å². The van der Waals surface area contributed by atoms with Gasteiger partial charge in [-0.05, 0) is 43.5 Å². The fourth-order valence-corrected chi connectivity index (χ4v) is 3.19. The lowest BCUT2D eigenvalue weighted by Crippen LogP contribution is -2.37. The van der Waals surface area contributed by atoms with Gasteiger partial charge in [-0.3, -0.25) is 9.59 Å². The van der Waals surface area contributed by atoms with E-state index in [2.05, 4.69) is 10.1 Å². The first-order chi connectivity index (χ1) is 11.6. The van der Waals surface area contributed by atoms with Gasteiger partial charge in [-0.1, -0.05) is 0 Å². The number of carbonyl (C=O) groups is 3. The fraction of sp³-hybridized carbons (Fsp3) is 0.471. The number of thioether (sulfide) groups is 1. The zero-order valence-corrected chi connectivity index (χ0v) is 14.6. The van der Waals surface area contributed by atoms with Gasteiger partial charge in [0.1, 0.15) is 0 Å². The molecule has 1 aliphatic rings. The van der Waals surface area contributed by atoms with Gasteiger partial charge in [-0.2, -0.15) is 0 Å². The molecule has 1 aliphatic heterocycles. The SMILES string of the molecule is COC(=O)c1ccc(NC(=O)CSCC(=O)N2CCCCC2)cc1. The standard InChI is InChI=1S/C17H22N2O4S/c1-23-17(22)13-5-7-14(8-6-13)18-15(20)11-24-12-16(21)19-9-3-2-4-10-19/h5-8H,2-4,9-12H2,1H3,(H,18,20). The van der Waals surface area contributed by atoms with Crippen molar-refractivity contribution in [1.82, 2.24) is 4.90 Å². The number of nitrogens with zero attached hydrogens (tertiary/aromatic N) is 1. The van der Waals surface area contributed by atoms with Crippen LogP contribution in [0, 0.1) is 0 Å². The minimum absolute atomic E-state index is 0.106. The van der Waals surface area contributed by atoms with Crippen LogP contribution in [-0.2, 0) is 14.3 Å². The summed E-state index contributed by atoms with van der Waals surface area (Å²) in [7, 11) is 1.32. The molecule has 0 aliphatic carbocycles. The maximum Gasteiger partial charge on any atom is 0.337 e. The number of esters is 1. The maximum atomic E-state index is 12.0. The number of ether oxygens (including phenoxy) is 1. The third-order valence-corrected chi connectivity index (χ3v) is 4.67. The predicted octanol–water partition coefficient (Wildman–Crippen LogP) is 2.16. The van der Waals surface area contributed by atoms with Crippen LogP contribution in [0.2, 0.25) is 0 Å². The summed E-state index contributed by atoms with van der Waals surface area (Å²) < 4.78 is 4.62. The summed E-state index contributed by atoms with van der Waals surface area (Å²) in [6.45, 7) is 1.66. The van der Waals surface area contributed by atoms with Gasteiger partial charge in [0.15, 0.2) is 0 Å². The normalized spacial score (nSPS) is 14.1. The van der Waals surface area contributed by atoms with Gasteiger partial charge < -0.3 is 15.0 Å². The van der Waals surface area contributed by atoms with E-state index in [1.54, 1.807) is 24.3 Å². The van der Waals surface area contributed by atoms with Crippen molar-refractivity contribution in [2.24, 2.45) is 0 Å². The Balaban J connectivity index is 1.71. The number of benzene rings is 1. The molecule has 0 atom stereocenters. The van der Waals surface area contributed by atoms with Crippen LogP contribution >= 0.6 is 11.8 Å². The Hall–Kier alpha value is -2.02. The number of carbonyl (C=O) groups excluding carboxylic acids is 3. The van der Waals surface area contributed by atoms with Crippen LogP contribution in [0.25, 0.3) is 0 Å². The Bertz CT molecular complexity index is 583. The van der Waals surface area contributed by atoms with Crippen LogP contribution in [0.3, 0.4) is 0 Å². The van der Waals surface area contributed by atoms with E-state index in [-0.39, 0.29) is 17.6 Å². The molecule has 1 aromatic rings. The molecule has 2 rings (SSSR count). The Morgan fingerprint density at radius 3 is 2.38 bits per heavy atom.